The highest BCUT2D eigenvalue weighted by molar-refractivity contribution is 5.84. The summed E-state index contributed by atoms with van der Waals surface area (Å²) in [5.41, 5.74) is 0. The van der Waals surface area contributed by atoms with Crippen LogP contribution in [0.25, 0.3) is 0 Å². The van der Waals surface area contributed by atoms with Crippen LogP contribution in [0.2, 0.25) is 0 Å². The summed E-state index contributed by atoms with van der Waals surface area (Å²) < 4.78 is 0. The van der Waals surface area contributed by atoms with Gasteiger partial charge in [-0.3, -0.25) is 4.99 Å². The predicted octanol–water partition coefficient (Wildman–Crippen LogP) is 2.57. The maximum Gasteiger partial charge on any atom is 0.125 e. The van der Waals surface area contributed by atoms with Gasteiger partial charge in [-0.1, -0.05) is 31.9 Å². The molecule has 0 saturated carbocycles. The summed E-state index contributed by atoms with van der Waals surface area (Å²) in [5, 5.41) is 9.52. The fourth-order valence-electron chi connectivity index (χ4n) is 1.90. The number of hydrogen-bond donors (Lipinski definition) is 1. The van der Waals surface area contributed by atoms with Gasteiger partial charge in [-0.2, -0.15) is 0 Å². The Labute approximate surface area is 98.9 Å². The molecular formula is C13H24N2O. The van der Waals surface area contributed by atoms with Gasteiger partial charge in [0.2, 0.25) is 0 Å². The molecule has 1 heterocycles. The lowest BCUT2D eigenvalue weighted by molar-refractivity contribution is 0.0767. The third-order valence-electron chi connectivity index (χ3n) is 2.84. The molecule has 0 bridgehead atoms. The normalized spacial score (nSPS) is 18.2. The van der Waals surface area contributed by atoms with Crippen LogP contribution in [0.15, 0.2) is 17.1 Å². The average molecular weight is 224 g/mol. The molecule has 0 saturated heterocycles. The van der Waals surface area contributed by atoms with E-state index in [2.05, 4.69) is 24.1 Å². The van der Waals surface area contributed by atoms with Crippen LogP contribution >= 0.6 is 0 Å². The zero-order valence-corrected chi connectivity index (χ0v) is 10.5. The molecule has 1 unspecified atom stereocenters. The summed E-state index contributed by atoms with van der Waals surface area (Å²) in [6, 6.07) is 0. The Bertz CT molecular complexity index is 246. The summed E-state index contributed by atoms with van der Waals surface area (Å²) in [6.45, 7) is 5.71. The summed E-state index contributed by atoms with van der Waals surface area (Å²) in [7, 11) is 0. The van der Waals surface area contributed by atoms with Gasteiger partial charge < -0.3 is 10.0 Å². The van der Waals surface area contributed by atoms with Crippen molar-refractivity contribution in [3.05, 3.63) is 12.2 Å². The van der Waals surface area contributed by atoms with Crippen LogP contribution < -0.4 is 0 Å². The number of aliphatic hydroxyl groups is 1. The second kappa shape index (κ2) is 7.44. The number of rotatable bonds is 7. The maximum atomic E-state index is 9.52. The Morgan fingerprint density at radius 3 is 2.88 bits per heavy atom. The monoisotopic (exact) mass is 224 g/mol. The van der Waals surface area contributed by atoms with E-state index in [-0.39, 0.29) is 0 Å². The van der Waals surface area contributed by atoms with E-state index in [4.69, 9.17) is 0 Å². The van der Waals surface area contributed by atoms with Crippen LogP contribution in [0.3, 0.4) is 0 Å². The quantitative estimate of drug-likeness (QED) is 0.533. The molecule has 0 aromatic rings. The minimum Gasteiger partial charge on any atom is -0.374 e. The van der Waals surface area contributed by atoms with Crippen molar-refractivity contribution in [3.8, 4) is 0 Å². The second-order valence-corrected chi connectivity index (χ2v) is 4.28. The van der Waals surface area contributed by atoms with Crippen LogP contribution in [0, 0.1) is 0 Å². The molecule has 0 amide bonds. The van der Waals surface area contributed by atoms with E-state index in [0.29, 0.717) is 0 Å². The topological polar surface area (TPSA) is 35.8 Å². The van der Waals surface area contributed by atoms with Gasteiger partial charge >= 0.3 is 0 Å². The molecule has 0 spiro atoms. The third kappa shape index (κ3) is 4.35. The number of nitrogens with zero attached hydrogens (tertiary/aromatic N) is 2. The van der Waals surface area contributed by atoms with Gasteiger partial charge in [-0.05, 0) is 19.8 Å². The molecule has 1 rings (SSSR count). The molecule has 0 aliphatic carbocycles. The highest BCUT2D eigenvalue weighted by Crippen LogP contribution is 2.10. The molecule has 3 heteroatoms. The number of amidine groups is 1. The summed E-state index contributed by atoms with van der Waals surface area (Å²) in [4.78, 5) is 6.41. The first-order chi connectivity index (χ1) is 7.75. The Morgan fingerprint density at radius 2 is 2.19 bits per heavy atom. The van der Waals surface area contributed by atoms with Crippen LogP contribution in [-0.4, -0.2) is 35.2 Å². The summed E-state index contributed by atoms with van der Waals surface area (Å²) >= 11 is 0. The lowest BCUT2D eigenvalue weighted by atomic mass is 10.2. The molecular weight excluding hydrogens is 200 g/mol. The van der Waals surface area contributed by atoms with E-state index in [1.54, 1.807) is 6.92 Å². The largest absolute Gasteiger partial charge is 0.374 e. The Hall–Kier alpha value is -0.830. The number of allylic oxidation sites excluding steroid dienone is 2. The fourth-order valence-corrected chi connectivity index (χ4v) is 1.90. The van der Waals surface area contributed by atoms with Crippen molar-refractivity contribution < 1.29 is 5.11 Å². The van der Waals surface area contributed by atoms with Gasteiger partial charge in [0, 0.05) is 13.0 Å². The fraction of sp³-hybridized carbons (Fsp3) is 0.769. The van der Waals surface area contributed by atoms with Gasteiger partial charge in [0.25, 0.3) is 0 Å². The van der Waals surface area contributed by atoms with Gasteiger partial charge in [-0.15, -0.1) is 0 Å². The first-order valence-corrected chi connectivity index (χ1v) is 6.38. The lowest BCUT2D eigenvalue weighted by Crippen LogP contribution is -2.35. The molecule has 3 nitrogen and oxygen atoms in total. The molecule has 0 fully saturated rings. The first-order valence-electron chi connectivity index (χ1n) is 6.38. The Kier molecular flexibility index (Phi) is 6.16. The van der Waals surface area contributed by atoms with Crippen LogP contribution in [-0.2, 0) is 0 Å². The standard InChI is InChI=1S/C13H24N2O/c1-3-4-5-6-7-8-9-13-14-10-11-15(13)12(2)16/h6-7,12,16H,3-5,8-11H2,1-2H3/b7-6+. The summed E-state index contributed by atoms with van der Waals surface area (Å²) in [5.74, 6) is 1.06. The van der Waals surface area contributed by atoms with Crippen molar-refractivity contribution in [1.29, 1.82) is 0 Å². The van der Waals surface area contributed by atoms with Crippen molar-refractivity contribution in [3.63, 3.8) is 0 Å². The van der Waals surface area contributed by atoms with Crippen molar-refractivity contribution in [2.45, 2.75) is 52.2 Å². The van der Waals surface area contributed by atoms with E-state index in [0.717, 1.165) is 31.8 Å². The van der Waals surface area contributed by atoms with E-state index in [1.165, 1.54) is 19.3 Å². The van der Waals surface area contributed by atoms with E-state index < -0.39 is 6.23 Å². The molecule has 1 N–H and O–H groups in total. The van der Waals surface area contributed by atoms with Crippen molar-refractivity contribution in [2.24, 2.45) is 4.99 Å². The van der Waals surface area contributed by atoms with E-state index in [9.17, 15) is 5.11 Å². The van der Waals surface area contributed by atoms with Crippen molar-refractivity contribution in [1.82, 2.24) is 4.90 Å². The molecule has 92 valence electrons. The number of aliphatic hydroxyl groups excluding tert-OH is 1. The van der Waals surface area contributed by atoms with Gasteiger partial charge in [0.05, 0.1) is 6.54 Å². The van der Waals surface area contributed by atoms with Gasteiger partial charge in [0.1, 0.15) is 12.1 Å². The molecule has 0 aromatic heterocycles. The third-order valence-corrected chi connectivity index (χ3v) is 2.84. The van der Waals surface area contributed by atoms with Crippen LogP contribution in [0.5, 0.6) is 0 Å². The van der Waals surface area contributed by atoms with Crippen molar-refractivity contribution in [2.75, 3.05) is 13.1 Å². The van der Waals surface area contributed by atoms with Gasteiger partial charge in [0.15, 0.2) is 0 Å². The zero-order chi connectivity index (χ0) is 11.8. The molecule has 16 heavy (non-hydrogen) atoms. The first kappa shape index (κ1) is 13.2. The van der Waals surface area contributed by atoms with E-state index >= 15 is 0 Å². The number of aliphatic imine (C=N–C) groups is 1. The SMILES string of the molecule is CCCC/C=C/CCC1=NCCN1C(C)O. The highest BCUT2D eigenvalue weighted by atomic mass is 16.3. The Balaban J connectivity index is 2.19. The number of unbranched alkanes of at least 4 members (excludes halogenated alkanes) is 2. The zero-order valence-electron chi connectivity index (χ0n) is 10.5. The average Bonchev–Trinajstić information content (AvgIpc) is 2.71. The van der Waals surface area contributed by atoms with Crippen LogP contribution in [0.1, 0.15) is 46.0 Å². The van der Waals surface area contributed by atoms with Crippen LogP contribution in [0.4, 0.5) is 0 Å². The lowest BCUT2D eigenvalue weighted by Gasteiger charge is -2.23. The molecule has 0 aromatic carbocycles. The molecule has 1 atom stereocenters. The number of hydrogen-bond acceptors (Lipinski definition) is 3. The minimum atomic E-state index is -0.398. The highest BCUT2D eigenvalue weighted by Gasteiger charge is 2.19. The van der Waals surface area contributed by atoms with Crippen molar-refractivity contribution >= 4 is 5.84 Å². The molecule has 0 radical (unpaired) electrons. The Morgan fingerprint density at radius 1 is 1.44 bits per heavy atom. The molecule has 1 aliphatic heterocycles. The van der Waals surface area contributed by atoms with Gasteiger partial charge in [-0.25, -0.2) is 0 Å². The minimum absolute atomic E-state index is 0.398. The second-order valence-electron chi connectivity index (χ2n) is 4.28. The maximum absolute atomic E-state index is 9.52. The molecule has 1 aliphatic rings. The van der Waals surface area contributed by atoms with E-state index in [1.807, 2.05) is 4.90 Å². The smallest absolute Gasteiger partial charge is 0.125 e. The predicted molar refractivity (Wildman–Crippen MR) is 68.6 cm³/mol. The summed E-state index contributed by atoms with van der Waals surface area (Å²) in [6.07, 6.45) is 9.79.